The van der Waals surface area contributed by atoms with Crippen molar-refractivity contribution in [3.05, 3.63) is 0 Å². The van der Waals surface area contributed by atoms with Gasteiger partial charge in [-0.05, 0) is 92.3 Å². The van der Waals surface area contributed by atoms with Gasteiger partial charge >= 0.3 is 0 Å². The van der Waals surface area contributed by atoms with Crippen LogP contribution in [0.15, 0.2) is 0 Å². The van der Waals surface area contributed by atoms with Crippen LogP contribution in [-0.2, 0) is 4.74 Å². The van der Waals surface area contributed by atoms with Gasteiger partial charge < -0.3 is 14.9 Å². The minimum absolute atomic E-state index is 0.0391. The van der Waals surface area contributed by atoms with Gasteiger partial charge in [0.2, 0.25) is 0 Å². The Kier molecular flexibility index (Phi) is 3.71. The van der Waals surface area contributed by atoms with E-state index in [2.05, 4.69) is 13.8 Å². The molecular formula is C22H36O3. The van der Waals surface area contributed by atoms with Gasteiger partial charge in [0, 0.05) is 6.42 Å². The summed E-state index contributed by atoms with van der Waals surface area (Å²) in [5.41, 5.74) is 0.681. The second-order valence-corrected chi connectivity index (χ2v) is 10.7. The first-order valence-corrected chi connectivity index (χ1v) is 10.9. The van der Waals surface area contributed by atoms with Gasteiger partial charge in [0.15, 0.2) is 0 Å². The lowest BCUT2D eigenvalue weighted by Gasteiger charge is -2.61. The van der Waals surface area contributed by atoms with Crippen molar-refractivity contribution in [1.29, 1.82) is 0 Å². The second-order valence-electron chi connectivity index (χ2n) is 10.7. The first-order valence-electron chi connectivity index (χ1n) is 10.9. The Hall–Kier alpha value is -0.120. The third kappa shape index (κ3) is 2.15. The van der Waals surface area contributed by atoms with E-state index in [1.54, 1.807) is 0 Å². The zero-order valence-corrected chi connectivity index (χ0v) is 16.0. The molecule has 0 bridgehead atoms. The minimum Gasteiger partial charge on any atom is -0.393 e. The fourth-order valence-electron chi connectivity index (χ4n) is 8.65. The molecule has 1 aliphatic heterocycles. The third-order valence-corrected chi connectivity index (χ3v) is 10.0. The van der Waals surface area contributed by atoms with Crippen molar-refractivity contribution in [1.82, 2.24) is 0 Å². The Labute approximate surface area is 152 Å². The first-order chi connectivity index (χ1) is 11.9. The van der Waals surface area contributed by atoms with Gasteiger partial charge in [0.05, 0.1) is 24.4 Å². The van der Waals surface area contributed by atoms with Crippen LogP contribution in [0.5, 0.6) is 0 Å². The molecule has 0 radical (unpaired) electrons. The highest BCUT2D eigenvalue weighted by molar-refractivity contribution is 5.16. The number of aliphatic hydroxyl groups excluding tert-OH is 2. The van der Waals surface area contributed by atoms with Gasteiger partial charge in [-0.3, -0.25) is 0 Å². The Morgan fingerprint density at radius 3 is 2.40 bits per heavy atom. The van der Waals surface area contributed by atoms with Crippen LogP contribution in [0.1, 0.15) is 78.1 Å². The lowest BCUT2D eigenvalue weighted by molar-refractivity contribution is -0.162. The quantitative estimate of drug-likeness (QED) is 0.698. The second kappa shape index (κ2) is 5.45. The molecule has 9 atom stereocenters. The van der Waals surface area contributed by atoms with Crippen LogP contribution in [0.3, 0.4) is 0 Å². The number of hydrogen-bond donors (Lipinski definition) is 2. The molecule has 2 unspecified atom stereocenters. The Bertz CT molecular complexity index is 549. The molecule has 3 heteroatoms. The van der Waals surface area contributed by atoms with Crippen molar-refractivity contribution in [2.75, 3.05) is 6.61 Å². The zero-order valence-electron chi connectivity index (χ0n) is 16.0. The monoisotopic (exact) mass is 348 g/mol. The van der Waals surface area contributed by atoms with Gasteiger partial charge in [-0.2, -0.15) is 0 Å². The topological polar surface area (TPSA) is 49.7 Å². The lowest BCUT2D eigenvalue weighted by Crippen LogP contribution is -2.56. The van der Waals surface area contributed by atoms with Gasteiger partial charge in [-0.1, -0.05) is 13.8 Å². The van der Waals surface area contributed by atoms with Gasteiger partial charge in [0.25, 0.3) is 0 Å². The summed E-state index contributed by atoms with van der Waals surface area (Å²) in [7, 11) is 0. The molecule has 0 aromatic heterocycles. The van der Waals surface area contributed by atoms with Crippen LogP contribution in [0.2, 0.25) is 0 Å². The molecule has 142 valence electrons. The normalized spacial score (nSPS) is 61.0. The third-order valence-electron chi connectivity index (χ3n) is 10.0. The number of ether oxygens (including phenoxy) is 1. The number of rotatable bonds is 0. The van der Waals surface area contributed by atoms with E-state index < -0.39 is 0 Å². The summed E-state index contributed by atoms with van der Waals surface area (Å²) < 4.78 is 6.33. The fraction of sp³-hybridized carbons (Fsp3) is 1.00. The van der Waals surface area contributed by atoms with Crippen LogP contribution in [0.25, 0.3) is 0 Å². The first kappa shape index (κ1) is 17.0. The van der Waals surface area contributed by atoms with E-state index in [0.717, 1.165) is 49.4 Å². The van der Waals surface area contributed by atoms with Crippen LogP contribution in [0.4, 0.5) is 0 Å². The number of aliphatic hydroxyl groups is 2. The molecule has 1 heterocycles. The number of hydrogen-bond acceptors (Lipinski definition) is 3. The minimum atomic E-state index is -0.249. The van der Waals surface area contributed by atoms with Crippen molar-refractivity contribution in [3.8, 4) is 0 Å². The summed E-state index contributed by atoms with van der Waals surface area (Å²) in [6.45, 7) is 5.61. The van der Waals surface area contributed by atoms with E-state index in [1.165, 1.54) is 38.5 Å². The maximum Gasteiger partial charge on any atom is 0.0801 e. The highest BCUT2D eigenvalue weighted by Gasteiger charge is 2.66. The van der Waals surface area contributed by atoms with Crippen molar-refractivity contribution in [2.24, 2.45) is 34.5 Å². The molecule has 5 fully saturated rings. The van der Waals surface area contributed by atoms with Crippen LogP contribution < -0.4 is 0 Å². The predicted octanol–water partition coefficient (Wildman–Crippen LogP) is 3.91. The van der Waals surface area contributed by atoms with E-state index >= 15 is 0 Å². The molecular weight excluding hydrogens is 312 g/mol. The summed E-state index contributed by atoms with van der Waals surface area (Å²) in [4.78, 5) is 0. The van der Waals surface area contributed by atoms with Crippen molar-refractivity contribution in [2.45, 2.75) is 95.9 Å². The van der Waals surface area contributed by atoms with Crippen molar-refractivity contribution >= 4 is 0 Å². The highest BCUT2D eigenvalue weighted by atomic mass is 16.5. The molecule has 3 nitrogen and oxygen atoms in total. The maximum atomic E-state index is 10.2. The largest absolute Gasteiger partial charge is 0.393 e. The molecule has 1 saturated heterocycles. The molecule has 2 N–H and O–H groups in total. The smallest absolute Gasteiger partial charge is 0.0801 e. The Morgan fingerprint density at radius 1 is 0.840 bits per heavy atom. The SMILES string of the molecule is C[C@]12CC[C@H](O)C[C@@H]1CC[C@@H]1[C@@H]2CC[C@@]2(C)[C@H]1CCC21CC(O)CO1. The van der Waals surface area contributed by atoms with Gasteiger partial charge in [-0.15, -0.1) is 0 Å². The average Bonchev–Trinajstić information content (AvgIpc) is 3.10. The van der Waals surface area contributed by atoms with Crippen molar-refractivity contribution in [3.63, 3.8) is 0 Å². The fourth-order valence-corrected chi connectivity index (χ4v) is 8.65. The molecule has 4 aliphatic carbocycles. The van der Waals surface area contributed by atoms with E-state index in [0.29, 0.717) is 12.0 Å². The van der Waals surface area contributed by atoms with E-state index in [9.17, 15) is 10.2 Å². The van der Waals surface area contributed by atoms with Crippen LogP contribution >= 0.6 is 0 Å². The number of fused-ring (bicyclic) bond motifs is 6. The van der Waals surface area contributed by atoms with Crippen LogP contribution in [0, 0.1) is 34.5 Å². The van der Waals surface area contributed by atoms with E-state index in [4.69, 9.17) is 4.74 Å². The molecule has 25 heavy (non-hydrogen) atoms. The molecule has 0 amide bonds. The van der Waals surface area contributed by atoms with Gasteiger partial charge in [0.1, 0.15) is 0 Å². The average molecular weight is 349 g/mol. The van der Waals surface area contributed by atoms with E-state index in [-0.39, 0.29) is 23.2 Å². The standard InChI is InChI=1S/C22H36O3/c1-20-8-5-15(23)11-14(20)3-4-17-18(20)6-9-21(2)19(17)7-10-22(21)12-16(24)13-25-22/h14-19,23-24H,3-13H2,1-2H3/t14-,15-,16?,17+,18-,19-,20-,21-,22?/m0/s1. The Balaban J connectivity index is 1.44. The predicted molar refractivity (Wildman–Crippen MR) is 97.0 cm³/mol. The summed E-state index contributed by atoms with van der Waals surface area (Å²) in [5.74, 6) is 3.21. The summed E-state index contributed by atoms with van der Waals surface area (Å²) in [5, 5.41) is 20.3. The Morgan fingerprint density at radius 2 is 1.64 bits per heavy atom. The molecule has 0 aromatic rings. The molecule has 1 spiro atoms. The van der Waals surface area contributed by atoms with Crippen LogP contribution in [-0.4, -0.2) is 34.6 Å². The summed E-state index contributed by atoms with van der Waals surface area (Å²) in [6, 6.07) is 0. The molecule has 0 aromatic carbocycles. The highest BCUT2D eigenvalue weighted by Crippen LogP contribution is 2.70. The molecule has 5 aliphatic rings. The summed E-state index contributed by atoms with van der Waals surface area (Å²) >= 11 is 0. The lowest BCUT2D eigenvalue weighted by atomic mass is 9.44. The molecule has 5 rings (SSSR count). The van der Waals surface area contributed by atoms with Crippen molar-refractivity contribution < 1.29 is 14.9 Å². The summed E-state index contributed by atoms with van der Waals surface area (Å²) in [6.07, 6.45) is 11.6. The van der Waals surface area contributed by atoms with Gasteiger partial charge in [-0.25, -0.2) is 0 Å². The molecule has 4 saturated carbocycles. The zero-order chi connectivity index (χ0) is 17.4. The van der Waals surface area contributed by atoms with E-state index in [1.807, 2.05) is 0 Å². The maximum absolute atomic E-state index is 10.2.